The van der Waals surface area contributed by atoms with Crippen molar-refractivity contribution in [3.05, 3.63) is 40.7 Å². The Balaban J connectivity index is 1.80. The average Bonchev–Trinajstić information content (AvgIpc) is 3.05. The Morgan fingerprint density at radius 3 is 2.69 bits per heavy atom. The van der Waals surface area contributed by atoms with Gasteiger partial charge in [0, 0.05) is 5.69 Å². The maximum atomic E-state index is 12.7. The van der Waals surface area contributed by atoms with Crippen LogP contribution < -0.4 is 10.6 Å². The predicted octanol–water partition coefficient (Wildman–Crippen LogP) is 1.86. The molecule has 0 saturated carbocycles. The molecule has 0 spiro atoms. The number of carbonyl (C=O) groups excluding carboxylic acids is 2. The molecule has 2 N–H and O–H groups in total. The number of hydrogen-bond donors (Lipinski definition) is 2. The van der Waals surface area contributed by atoms with Gasteiger partial charge in [-0.1, -0.05) is 11.3 Å². The number of anilines is 1. The summed E-state index contributed by atoms with van der Waals surface area (Å²) >= 11 is 0. The lowest BCUT2D eigenvalue weighted by Crippen LogP contribution is -2.30. The van der Waals surface area contributed by atoms with Gasteiger partial charge in [0.15, 0.2) is 5.69 Å². The van der Waals surface area contributed by atoms with E-state index in [1.54, 1.807) is 18.2 Å². The van der Waals surface area contributed by atoms with Crippen LogP contribution in [0.4, 0.5) is 5.69 Å². The summed E-state index contributed by atoms with van der Waals surface area (Å²) in [5.41, 5.74) is 2.81. The molecule has 1 aromatic carbocycles. The summed E-state index contributed by atoms with van der Waals surface area (Å²) in [6.45, 7) is 5.58. The number of amides is 1. The first-order valence-corrected chi connectivity index (χ1v) is 8.64. The van der Waals surface area contributed by atoms with Crippen LogP contribution in [0.3, 0.4) is 0 Å². The molecule has 8 nitrogen and oxygen atoms in total. The molecule has 0 bridgehead atoms. The van der Waals surface area contributed by atoms with Crippen molar-refractivity contribution in [1.29, 1.82) is 0 Å². The lowest BCUT2D eigenvalue weighted by molar-refractivity contribution is 0.0600. The van der Waals surface area contributed by atoms with Gasteiger partial charge in [-0.25, -0.2) is 9.48 Å². The van der Waals surface area contributed by atoms with E-state index in [1.165, 1.54) is 7.11 Å². The summed E-state index contributed by atoms with van der Waals surface area (Å²) in [5.74, 6) is -0.790. The Kier molecular flexibility index (Phi) is 5.32. The van der Waals surface area contributed by atoms with Crippen molar-refractivity contribution in [2.24, 2.45) is 0 Å². The van der Waals surface area contributed by atoms with Crippen LogP contribution in [0.2, 0.25) is 0 Å². The quantitative estimate of drug-likeness (QED) is 0.811. The van der Waals surface area contributed by atoms with Gasteiger partial charge in [-0.05, 0) is 57.5 Å². The molecule has 26 heavy (non-hydrogen) atoms. The van der Waals surface area contributed by atoms with Gasteiger partial charge in [-0.2, -0.15) is 0 Å². The van der Waals surface area contributed by atoms with Crippen LogP contribution in [-0.4, -0.2) is 47.1 Å². The molecule has 8 heteroatoms. The fourth-order valence-electron chi connectivity index (χ4n) is 3.13. The first-order chi connectivity index (χ1) is 12.5. The lowest BCUT2D eigenvalue weighted by Gasteiger charge is -2.23. The molecule has 1 saturated heterocycles. The Morgan fingerprint density at radius 1 is 1.27 bits per heavy atom. The van der Waals surface area contributed by atoms with Crippen LogP contribution in [0.25, 0.3) is 0 Å². The highest BCUT2D eigenvalue weighted by atomic mass is 16.5. The van der Waals surface area contributed by atoms with Crippen LogP contribution in [0.1, 0.15) is 51.0 Å². The molecule has 1 amide bonds. The Morgan fingerprint density at radius 2 is 2.00 bits per heavy atom. The number of hydrogen-bond acceptors (Lipinski definition) is 6. The number of aromatic nitrogens is 3. The second-order valence-electron chi connectivity index (χ2n) is 6.42. The molecule has 138 valence electrons. The highest BCUT2D eigenvalue weighted by Crippen LogP contribution is 2.22. The maximum absolute atomic E-state index is 12.7. The molecule has 2 aromatic rings. The first kappa shape index (κ1) is 18.1. The standard InChI is InChI=1S/C18H23N5O3/c1-11-4-5-13(18(25)26-3)10-15(11)20-17(24)16-12(2)23(22-21-16)14-6-8-19-9-7-14/h4-5,10,14,19H,6-9H2,1-3H3,(H,20,24). The van der Waals surface area contributed by atoms with E-state index in [0.717, 1.165) is 37.2 Å². The summed E-state index contributed by atoms with van der Waals surface area (Å²) < 4.78 is 6.57. The summed E-state index contributed by atoms with van der Waals surface area (Å²) in [4.78, 5) is 24.4. The van der Waals surface area contributed by atoms with E-state index in [4.69, 9.17) is 4.74 Å². The number of esters is 1. The summed E-state index contributed by atoms with van der Waals surface area (Å²) in [5, 5.41) is 14.4. The number of aryl methyl sites for hydroxylation is 1. The first-order valence-electron chi connectivity index (χ1n) is 8.64. The molecule has 0 aliphatic carbocycles. The molecule has 0 radical (unpaired) electrons. The third kappa shape index (κ3) is 3.60. The van der Waals surface area contributed by atoms with Gasteiger partial charge in [-0.15, -0.1) is 5.10 Å². The molecular formula is C18H23N5O3. The van der Waals surface area contributed by atoms with Crippen molar-refractivity contribution < 1.29 is 14.3 Å². The van der Waals surface area contributed by atoms with E-state index < -0.39 is 5.97 Å². The monoisotopic (exact) mass is 357 g/mol. The van der Waals surface area contributed by atoms with E-state index in [9.17, 15) is 9.59 Å². The van der Waals surface area contributed by atoms with E-state index in [1.807, 2.05) is 18.5 Å². The highest BCUT2D eigenvalue weighted by Gasteiger charge is 2.23. The van der Waals surface area contributed by atoms with Gasteiger partial charge >= 0.3 is 5.97 Å². The number of rotatable bonds is 4. The van der Waals surface area contributed by atoms with Gasteiger partial charge < -0.3 is 15.4 Å². The largest absolute Gasteiger partial charge is 0.465 e. The second kappa shape index (κ2) is 7.65. The Labute approximate surface area is 151 Å². The fraction of sp³-hybridized carbons (Fsp3) is 0.444. The normalized spacial score (nSPS) is 14.9. The molecule has 0 unspecified atom stereocenters. The number of ether oxygens (including phenoxy) is 1. The van der Waals surface area contributed by atoms with Crippen LogP contribution in [0, 0.1) is 13.8 Å². The van der Waals surface area contributed by atoms with Crippen LogP contribution in [0.15, 0.2) is 18.2 Å². The zero-order valence-electron chi connectivity index (χ0n) is 15.2. The van der Waals surface area contributed by atoms with E-state index in [0.29, 0.717) is 16.9 Å². The fourth-order valence-corrected chi connectivity index (χ4v) is 3.13. The number of nitrogens with one attached hydrogen (secondary N) is 2. The Hall–Kier alpha value is -2.74. The van der Waals surface area contributed by atoms with Crippen molar-refractivity contribution in [2.75, 3.05) is 25.5 Å². The van der Waals surface area contributed by atoms with E-state index >= 15 is 0 Å². The lowest BCUT2D eigenvalue weighted by atomic mass is 10.1. The maximum Gasteiger partial charge on any atom is 0.337 e. The number of nitrogens with zero attached hydrogens (tertiary/aromatic N) is 3. The molecule has 1 aromatic heterocycles. The summed E-state index contributed by atoms with van der Waals surface area (Å²) in [7, 11) is 1.32. The number of carbonyl (C=O) groups is 2. The van der Waals surface area contributed by atoms with Gasteiger partial charge in [0.1, 0.15) is 0 Å². The second-order valence-corrected chi connectivity index (χ2v) is 6.42. The zero-order valence-corrected chi connectivity index (χ0v) is 15.2. The zero-order chi connectivity index (χ0) is 18.7. The van der Waals surface area contributed by atoms with E-state index in [-0.39, 0.29) is 11.9 Å². The smallest absolute Gasteiger partial charge is 0.337 e. The highest BCUT2D eigenvalue weighted by molar-refractivity contribution is 6.04. The van der Waals surface area contributed by atoms with Gasteiger partial charge in [0.2, 0.25) is 0 Å². The number of benzene rings is 1. The van der Waals surface area contributed by atoms with E-state index in [2.05, 4.69) is 20.9 Å². The molecular weight excluding hydrogens is 334 g/mol. The minimum Gasteiger partial charge on any atom is -0.465 e. The molecule has 0 atom stereocenters. The number of methoxy groups -OCH3 is 1. The average molecular weight is 357 g/mol. The van der Waals surface area contributed by atoms with Crippen LogP contribution in [0.5, 0.6) is 0 Å². The predicted molar refractivity (Wildman–Crippen MR) is 96.4 cm³/mol. The number of piperidine rings is 1. The van der Waals surface area contributed by atoms with Gasteiger partial charge in [0.25, 0.3) is 5.91 Å². The van der Waals surface area contributed by atoms with Gasteiger partial charge in [-0.3, -0.25) is 4.79 Å². The minimum absolute atomic E-state index is 0.259. The van der Waals surface area contributed by atoms with Crippen LogP contribution >= 0.6 is 0 Å². The van der Waals surface area contributed by atoms with Gasteiger partial charge in [0.05, 0.1) is 24.4 Å². The van der Waals surface area contributed by atoms with Crippen molar-refractivity contribution >= 4 is 17.6 Å². The van der Waals surface area contributed by atoms with Crippen molar-refractivity contribution in [2.45, 2.75) is 32.7 Å². The molecule has 1 fully saturated rings. The SMILES string of the molecule is COC(=O)c1ccc(C)c(NC(=O)c2nnn(C3CCNCC3)c2C)c1. The minimum atomic E-state index is -0.450. The summed E-state index contributed by atoms with van der Waals surface area (Å²) in [6.07, 6.45) is 1.93. The van der Waals surface area contributed by atoms with Crippen molar-refractivity contribution in [3.63, 3.8) is 0 Å². The third-order valence-corrected chi connectivity index (χ3v) is 4.70. The molecule has 1 aliphatic heterocycles. The van der Waals surface area contributed by atoms with Crippen molar-refractivity contribution in [3.8, 4) is 0 Å². The summed E-state index contributed by atoms with van der Waals surface area (Å²) in [6, 6.07) is 5.29. The molecule has 1 aliphatic rings. The van der Waals surface area contributed by atoms with Crippen molar-refractivity contribution in [1.82, 2.24) is 20.3 Å². The third-order valence-electron chi connectivity index (χ3n) is 4.70. The molecule has 2 heterocycles. The molecule has 3 rings (SSSR count). The van der Waals surface area contributed by atoms with Crippen LogP contribution in [-0.2, 0) is 4.74 Å². The Bertz CT molecular complexity index is 824. The topological polar surface area (TPSA) is 98.1 Å².